The molecule has 0 unspecified atom stereocenters. The van der Waals surface area contributed by atoms with E-state index in [1.54, 1.807) is 0 Å². The highest BCUT2D eigenvalue weighted by molar-refractivity contribution is 5.76. The summed E-state index contributed by atoms with van der Waals surface area (Å²) in [6.07, 6.45) is 3.54. The molecule has 1 saturated heterocycles. The minimum atomic E-state index is 0.291. The Bertz CT molecular complexity index is 425. The lowest BCUT2D eigenvalue weighted by Crippen LogP contribution is -2.46. The van der Waals surface area contributed by atoms with E-state index in [9.17, 15) is 4.79 Å². The van der Waals surface area contributed by atoms with Crippen LogP contribution in [0.2, 0.25) is 0 Å². The average Bonchev–Trinajstić information content (AvgIpc) is 2.55. The molecule has 1 N–H and O–H groups in total. The number of amides is 1. The minimum Gasteiger partial charge on any atom is -0.494 e. The smallest absolute Gasteiger partial charge is 0.222 e. The zero-order valence-electron chi connectivity index (χ0n) is 12.9. The molecule has 4 heteroatoms. The second-order valence-electron chi connectivity index (χ2n) is 5.48. The Hall–Kier alpha value is -1.55. The quantitative estimate of drug-likeness (QED) is 0.837. The number of carbonyl (C=O) groups excluding carboxylic acids is 1. The van der Waals surface area contributed by atoms with E-state index in [1.165, 1.54) is 5.56 Å². The number of hydrogen-bond donors (Lipinski definition) is 1. The van der Waals surface area contributed by atoms with Crippen molar-refractivity contribution in [3.63, 3.8) is 0 Å². The Kier molecular flexibility index (Phi) is 6.54. The predicted molar refractivity (Wildman–Crippen MR) is 84.6 cm³/mol. The highest BCUT2D eigenvalue weighted by atomic mass is 16.5. The van der Waals surface area contributed by atoms with Gasteiger partial charge in [0.25, 0.3) is 0 Å². The predicted octanol–water partition coefficient (Wildman–Crippen LogP) is 2.23. The normalized spacial score (nSPS) is 15.0. The molecule has 116 valence electrons. The van der Waals surface area contributed by atoms with Crippen LogP contribution in [0.5, 0.6) is 5.75 Å². The van der Waals surface area contributed by atoms with E-state index in [1.807, 2.05) is 17.0 Å². The van der Waals surface area contributed by atoms with Crippen LogP contribution in [-0.4, -0.2) is 43.6 Å². The number of nitrogens with one attached hydrogen (secondary N) is 1. The van der Waals surface area contributed by atoms with Gasteiger partial charge in [-0.2, -0.15) is 0 Å². The zero-order chi connectivity index (χ0) is 14.9. The Morgan fingerprint density at radius 3 is 2.62 bits per heavy atom. The van der Waals surface area contributed by atoms with Gasteiger partial charge in [0.15, 0.2) is 0 Å². The summed E-state index contributed by atoms with van der Waals surface area (Å²) in [5.41, 5.74) is 1.27. The summed E-state index contributed by atoms with van der Waals surface area (Å²) < 4.78 is 5.57. The Labute approximate surface area is 127 Å². The Balaban J connectivity index is 1.69. The van der Waals surface area contributed by atoms with Crippen molar-refractivity contribution in [2.75, 3.05) is 32.8 Å². The van der Waals surface area contributed by atoms with Crippen LogP contribution in [0.25, 0.3) is 0 Å². The van der Waals surface area contributed by atoms with Crippen molar-refractivity contribution < 1.29 is 9.53 Å². The van der Waals surface area contributed by atoms with Gasteiger partial charge in [-0.1, -0.05) is 19.1 Å². The van der Waals surface area contributed by atoms with E-state index in [0.29, 0.717) is 12.3 Å². The first kappa shape index (κ1) is 15.8. The molecule has 1 aromatic carbocycles. The van der Waals surface area contributed by atoms with Gasteiger partial charge in [-0.05, 0) is 37.0 Å². The number of nitrogens with zero attached hydrogens (tertiary/aromatic N) is 1. The summed E-state index contributed by atoms with van der Waals surface area (Å²) in [5.74, 6) is 1.22. The minimum absolute atomic E-state index is 0.291. The molecule has 0 atom stereocenters. The van der Waals surface area contributed by atoms with Crippen LogP contribution in [0.15, 0.2) is 24.3 Å². The molecule has 0 bridgehead atoms. The number of rotatable bonds is 7. The molecule has 1 fully saturated rings. The summed E-state index contributed by atoms with van der Waals surface area (Å²) in [5, 5.41) is 3.27. The fourth-order valence-electron chi connectivity index (χ4n) is 2.49. The Morgan fingerprint density at radius 2 is 1.95 bits per heavy atom. The third kappa shape index (κ3) is 5.38. The largest absolute Gasteiger partial charge is 0.494 e. The molecule has 21 heavy (non-hydrogen) atoms. The number of carbonyl (C=O) groups is 1. The van der Waals surface area contributed by atoms with Crippen molar-refractivity contribution >= 4 is 5.91 Å². The third-order valence-corrected chi connectivity index (χ3v) is 3.72. The highest BCUT2D eigenvalue weighted by Crippen LogP contribution is 2.14. The van der Waals surface area contributed by atoms with Crippen molar-refractivity contribution in [3.05, 3.63) is 29.8 Å². The zero-order valence-corrected chi connectivity index (χ0v) is 12.9. The van der Waals surface area contributed by atoms with Crippen LogP contribution in [0.1, 0.15) is 31.7 Å². The van der Waals surface area contributed by atoms with Crippen molar-refractivity contribution in [1.29, 1.82) is 0 Å². The van der Waals surface area contributed by atoms with E-state index in [2.05, 4.69) is 24.4 Å². The van der Waals surface area contributed by atoms with Crippen molar-refractivity contribution in [2.24, 2.45) is 0 Å². The fourth-order valence-corrected chi connectivity index (χ4v) is 2.49. The second kappa shape index (κ2) is 8.67. The highest BCUT2D eigenvalue weighted by Gasteiger charge is 2.15. The summed E-state index contributed by atoms with van der Waals surface area (Å²) in [7, 11) is 0. The van der Waals surface area contributed by atoms with Crippen molar-refractivity contribution in [2.45, 2.75) is 32.6 Å². The molecule has 1 heterocycles. The molecule has 1 amide bonds. The maximum absolute atomic E-state index is 12.0. The molecule has 4 nitrogen and oxygen atoms in total. The number of piperazine rings is 1. The van der Waals surface area contributed by atoms with E-state index in [4.69, 9.17) is 4.74 Å². The topological polar surface area (TPSA) is 41.6 Å². The van der Waals surface area contributed by atoms with Crippen LogP contribution in [-0.2, 0) is 11.2 Å². The van der Waals surface area contributed by atoms with Crippen LogP contribution in [0.4, 0.5) is 0 Å². The van der Waals surface area contributed by atoms with Gasteiger partial charge in [-0.25, -0.2) is 0 Å². The average molecular weight is 290 g/mol. The molecule has 1 aliphatic heterocycles. The molecule has 0 saturated carbocycles. The standard InChI is InChI=1S/C17H26N2O2/c1-2-14-21-16-8-6-15(7-9-16)4-3-5-17(20)19-12-10-18-11-13-19/h6-9,18H,2-5,10-14H2,1H3. The molecule has 0 aromatic heterocycles. The van der Waals surface area contributed by atoms with Crippen LogP contribution in [0, 0.1) is 0 Å². The number of hydrogen-bond acceptors (Lipinski definition) is 3. The fraction of sp³-hybridized carbons (Fsp3) is 0.588. The molecule has 0 radical (unpaired) electrons. The lowest BCUT2D eigenvalue weighted by atomic mass is 10.1. The summed E-state index contributed by atoms with van der Waals surface area (Å²) in [6, 6.07) is 8.23. The van der Waals surface area contributed by atoms with Gasteiger partial charge in [0.05, 0.1) is 6.61 Å². The Morgan fingerprint density at radius 1 is 1.24 bits per heavy atom. The number of ether oxygens (including phenoxy) is 1. The van der Waals surface area contributed by atoms with Crippen LogP contribution in [0.3, 0.4) is 0 Å². The SMILES string of the molecule is CCCOc1ccc(CCCC(=O)N2CCNCC2)cc1. The van der Waals surface area contributed by atoms with E-state index in [0.717, 1.165) is 57.8 Å². The molecular formula is C17H26N2O2. The second-order valence-corrected chi connectivity index (χ2v) is 5.48. The van der Waals surface area contributed by atoms with Crippen LogP contribution >= 0.6 is 0 Å². The maximum Gasteiger partial charge on any atom is 0.222 e. The summed E-state index contributed by atoms with van der Waals surface area (Å²) in [4.78, 5) is 14.0. The number of benzene rings is 1. The third-order valence-electron chi connectivity index (χ3n) is 3.72. The van der Waals surface area contributed by atoms with Gasteiger partial charge in [-0.15, -0.1) is 0 Å². The van der Waals surface area contributed by atoms with Gasteiger partial charge >= 0.3 is 0 Å². The first-order valence-electron chi connectivity index (χ1n) is 8.00. The molecule has 1 aromatic rings. The number of aryl methyl sites for hydroxylation is 1. The van der Waals surface area contributed by atoms with Crippen molar-refractivity contribution in [3.8, 4) is 5.75 Å². The van der Waals surface area contributed by atoms with E-state index < -0.39 is 0 Å². The molecule has 0 spiro atoms. The van der Waals surface area contributed by atoms with Gasteiger partial charge in [0, 0.05) is 32.6 Å². The van der Waals surface area contributed by atoms with Gasteiger partial charge in [0.2, 0.25) is 5.91 Å². The first-order chi connectivity index (χ1) is 10.3. The molecule has 1 aliphatic rings. The van der Waals surface area contributed by atoms with E-state index in [-0.39, 0.29) is 0 Å². The molecule has 2 rings (SSSR count). The van der Waals surface area contributed by atoms with Gasteiger partial charge in [0.1, 0.15) is 5.75 Å². The summed E-state index contributed by atoms with van der Waals surface area (Å²) >= 11 is 0. The van der Waals surface area contributed by atoms with Gasteiger partial charge in [-0.3, -0.25) is 4.79 Å². The first-order valence-corrected chi connectivity index (χ1v) is 8.00. The van der Waals surface area contributed by atoms with Crippen LogP contribution < -0.4 is 10.1 Å². The summed E-state index contributed by atoms with van der Waals surface area (Å²) in [6.45, 7) is 6.41. The monoisotopic (exact) mass is 290 g/mol. The maximum atomic E-state index is 12.0. The molecule has 0 aliphatic carbocycles. The van der Waals surface area contributed by atoms with E-state index >= 15 is 0 Å². The molecular weight excluding hydrogens is 264 g/mol. The lowest BCUT2D eigenvalue weighted by Gasteiger charge is -2.27. The van der Waals surface area contributed by atoms with Gasteiger partial charge < -0.3 is 15.0 Å². The van der Waals surface area contributed by atoms with Crippen molar-refractivity contribution in [1.82, 2.24) is 10.2 Å². The lowest BCUT2D eigenvalue weighted by molar-refractivity contribution is -0.131.